The van der Waals surface area contributed by atoms with E-state index in [0.29, 0.717) is 18.3 Å². The van der Waals surface area contributed by atoms with Gasteiger partial charge in [0.1, 0.15) is 5.60 Å². The largest absolute Gasteiger partial charge is 0.459 e. The summed E-state index contributed by atoms with van der Waals surface area (Å²) in [4.78, 5) is 12.0. The van der Waals surface area contributed by atoms with E-state index in [4.69, 9.17) is 4.74 Å². The first-order valence-electron chi connectivity index (χ1n) is 7.63. The molecule has 118 valence electrons. The highest BCUT2D eigenvalue weighted by atomic mass is 127. The lowest BCUT2D eigenvalue weighted by molar-refractivity contribution is -0.160. The van der Waals surface area contributed by atoms with Crippen molar-refractivity contribution in [2.24, 2.45) is 5.92 Å². The number of ether oxygens (including phenoxy) is 1. The molecule has 1 rings (SSSR count). The minimum absolute atomic E-state index is 0.114. The zero-order valence-electron chi connectivity index (χ0n) is 14.0. The van der Waals surface area contributed by atoms with Crippen molar-refractivity contribution >= 4 is 28.6 Å². The van der Waals surface area contributed by atoms with E-state index in [1.54, 1.807) is 0 Å². The average molecular weight is 402 g/mol. The van der Waals surface area contributed by atoms with Crippen LogP contribution in [-0.4, -0.2) is 11.6 Å². The van der Waals surface area contributed by atoms with Crippen molar-refractivity contribution < 1.29 is 9.53 Å². The van der Waals surface area contributed by atoms with Crippen LogP contribution in [0.15, 0.2) is 18.2 Å². The fourth-order valence-electron chi connectivity index (χ4n) is 1.90. The van der Waals surface area contributed by atoms with E-state index in [9.17, 15) is 4.79 Å². The zero-order valence-corrected chi connectivity index (χ0v) is 16.2. The minimum Gasteiger partial charge on any atom is -0.459 e. The van der Waals surface area contributed by atoms with Gasteiger partial charge in [-0.1, -0.05) is 39.8 Å². The zero-order chi connectivity index (χ0) is 16.2. The highest BCUT2D eigenvalue weighted by molar-refractivity contribution is 14.1. The van der Waals surface area contributed by atoms with Crippen molar-refractivity contribution in [3.8, 4) is 0 Å². The van der Waals surface area contributed by atoms with Gasteiger partial charge >= 0.3 is 5.97 Å². The summed E-state index contributed by atoms with van der Waals surface area (Å²) in [6.07, 6.45) is 1.18. The molecule has 0 aliphatic rings. The molecule has 0 aromatic heterocycles. The molecule has 0 saturated carbocycles. The predicted octanol–water partition coefficient (Wildman–Crippen LogP) is 5.33. The Kier molecular flexibility index (Phi) is 6.70. The Balaban J connectivity index is 2.60. The summed E-state index contributed by atoms with van der Waals surface area (Å²) < 4.78 is 6.85. The van der Waals surface area contributed by atoms with E-state index in [2.05, 4.69) is 68.5 Å². The van der Waals surface area contributed by atoms with Crippen LogP contribution < -0.4 is 0 Å². The van der Waals surface area contributed by atoms with Gasteiger partial charge in [0.25, 0.3) is 0 Å². The molecule has 0 N–H and O–H groups in total. The summed E-state index contributed by atoms with van der Waals surface area (Å²) >= 11 is 2.37. The maximum absolute atomic E-state index is 12.0. The molecule has 0 bridgehead atoms. The van der Waals surface area contributed by atoms with Gasteiger partial charge in [0.15, 0.2) is 0 Å². The summed E-state index contributed by atoms with van der Waals surface area (Å²) in [6.45, 7) is 12.5. The van der Waals surface area contributed by atoms with Gasteiger partial charge in [0, 0.05) is 9.99 Å². The third-order valence-electron chi connectivity index (χ3n) is 4.07. The average Bonchev–Trinajstić information content (AvgIpc) is 2.35. The summed E-state index contributed by atoms with van der Waals surface area (Å²) in [7, 11) is 0. The fraction of sp³-hybridized carbons (Fsp3) is 0.611. The Labute approximate surface area is 142 Å². The number of aryl methyl sites for hydroxylation is 1. The van der Waals surface area contributed by atoms with Gasteiger partial charge in [-0.3, -0.25) is 4.79 Å². The maximum Gasteiger partial charge on any atom is 0.306 e. The van der Waals surface area contributed by atoms with Crippen LogP contribution in [0.2, 0.25) is 0 Å². The first-order chi connectivity index (χ1) is 9.63. The van der Waals surface area contributed by atoms with Gasteiger partial charge in [0.05, 0.1) is 0 Å². The van der Waals surface area contributed by atoms with E-state index < -0.39 is 5.60 Å². The van der Waals surface area contributed by atoms with E-state index in [0.717, 1.165) is 6.42 Å². The molecule has 0 radical (unpaired) electrons. The normalized spacial score (nSPS) is 12.0. The molecular weight excluding hydrogens is 375 g/mol. The molecule has 0 heterocycles. The molecule has 0 spiro atoms. The maximum atomic E-state index is 12.0. The molecule has 0 saturated heterocycles. The van der Waals surface area contributed by atoms with Crippen molar-refractivity contribution in [2.45, 2.75) is 65.9 Å². The number of carbonyl (C=O) groups is 1. The van der Waals surface area contributed by atoms with E-state index in [1.165, 1.54) is 14.7 Å². The number of hydrogen-bond donors (Lipinski definition) is 0. The molecule has 21 heavy (non-hydrogen) atoms. The number of esters is 1. The molecular formula is C18H27IO2. The standard InChI is InChI=1S/C18H27IO2/c1-12(2)15-9-7-14(11-16(15)19)8-10-17(20)21-18(5,6)13(3)4/h7,9,11-13H,8,10H2,1-6H3. The first kappa shape index (κ1) is 18.5. The van der Waals surface area contributed by atoms with Crippen LogP contribution in [0.1, 0.15) is 65.0 Å². The van der Waals surface area contributed by atoms with E-state index in [1.807, 2.05) is 13.8 Å². The monoisotopic (exact) mass is 402 g/mol. The molecule has 0 unspecified atom stereocenters. The van der Waals surface area contributed by atoms with Crippen LogP contribution in [0.5, 0.6) is 0 Å². The van der Waals surface area contributed by atoms with Crippen LogP contribution in [-0.2, 0) is 16.0 Å². The topological polar surface area (TPSA) is 26.3 Å². The molecule has 0 atom stereocenters. The predicted molar refractivity (Wildman–Crippen MR) is 96.6 cm³/mol. The smallest absolute Gasteiger partial charge is 0.306 e. The summed E-state index contributed by atoms with van der Waals surface area (Å²) in [5, 5.41) is 0. The highest BCUT2D eigenvalue weighted by Crippen LogP contribution is 2.24. The Bertz CT molecular complexity index is 490. The molecule has 0 fully saturated rings. The van der Waals surface area contributed by atoms with Gasteiger partial charge in [-0.25, -0.2) is 0 Å². The number of carbonyl (C=O) groups excluding carboxylic acids is 1. The Hall–Kier alpha value is -0.580. The molecule has 1 aromatic rings. The summed E-state index contributed by atoms with van der Waals surface area (Å²) in [5.74, 6) is 0.729. The van der Waals surface area contributed by atoms with E-state index >= 15 is 0 Å². The Morgan fingerprint density at radius 2 is 1.86 bits per heavy atom. The molecule has 0 amide bonds. The lowest BCUT2D eigenvalue weighted by Gasteiger charge is -2.29. The molecule has 1 aromatic carbocycles. The summed E-state index contributed by atoms with van der Waals surface area (Å²) in [6, 6.07) is 6.47. The van der Waals surface area contributed by atoms with Crippen molar-refractivity contribution in [3.63, 3.8) is 0 Å². The van der Waals surface area contributed by atoms with Crippen LogP contribution in [0, 0.1) is 9.49 Å². The molecule has 2 nitrogen and oxygen atoms in total. The van der Waals surface area contributed by atoms with Gasteiger partial charge in [0.2, 0.25) is 0 Å². The van der Waals surface area contributed by atoms with Gasteiger partial charge in [-0.15, -0.1) is 0 Å². The molecule has 0 aliphatic heterocycles. The van der Waals surface area contributed by atoms with Crippen LogP contribution in [0.4, 0.5) is 0 Å². The van der Waals surface area contributed by atoms with Gasteiger partial charge in [-0.05, 0) is 71.9 Å². The summed E-state index contributed by atoms with van der Waals surface area (Å²) in [5.41, 5.74) is 2.17. The number of halogens is 1. The SMILES string of the molecule is CC(C)c1ccc(CCC(=O)OC(C)(C)C(C)C)cc1I. The number of rotatable bonds is 6. The van der Waals surface area contributed by atoms with Crippen LogP contribution >= 0.6 is 22.6 Å². The fourth-order valence-corrected chi connectivity index (χ4v) is 3.11. The van der Waals surface area contributed by atoms with Gasteiger partial charge < -0.3 is 4.74 Å². The van der Waals surface area contributed by atoms with Crippen molar-refractivity contribution in [1.82, 2.24) is 0 Å². The number of hydrogen-bond acceptors (Lipinski definition) is 2. The van der Waals surface area contributed by atoms with Gasteiger partial charge in [-0.2, -0.15) is 0 Å². The van der Waals surface area contributed by atoms with Crippen LogP contribution in [0.25, 0.3) is 0 Å². The quantitative estimate of drug-likeness (QED) is 0.475. The highest BCUT2D eigenvalue weighted by Gasteiger charge is 2.26. The Morgan fingerprint density at radius 1 is 1.24 bits per heavy atom. The second-order valence-corrected chi connectivity index (χ2v) is 7.90. The second kappa shape index (κ2) is 7.61. The number of benzene rings is 1. The second-order valence-electron chi connectivity index (χ2n) is 6.74. The van der Waals surface area contributed by atoms with Crippen molar-refractivity contribution in [1.29, 1.82) is 0 Å². The van der Waals surface area contributed by atoms with Crippen molar-refractivity contribution in [2.75, 3.05) is 0 Å². The Morgan fingerprint density at radius 3 is 2.33 bits per heavy atom. The minimum atomic E-state index is -0.396. The molecule has 0 aliphatic carbocycles. The molecule has 3 heteroatoms. The van der Waals surface area contributed by atoms with Crippen LogP contribution in [0.3, 0.4) is 0 Å². The first-order valence-corrected chi connectivity index (χ1v) is 8.71. The van der Waals surface area contributed by atoms with E-state index in [-0.39, 0.29) is 5.97 Å². The van der Waals surface area contributed by atoms with Crippen molar-refractivity contribution in [3.05, 3.63) is 32.9 Å². The lowest BCUT2D eigenvalue weighted by Crippen LogP contribution is -2.33. The lowest BCUT2D eigenvalue weighted by atomic mass is 9.94. The third kappa shape index (κ3) is 5.61. The third-order valence-corrected chi connectivity index (χ3v) is 5.01.